The van der Waals surface area contributed by atoms with Crippen molar-refractivity contribution in [3.8, 4) is 5.75 Å². The molecule has 0 saturated heterocycles. The summed E-state index contributed by atoms with van der Waals surface area (Å²) >= 11 is 5.75. The standard InChI is InChI=1S/C18H20ClN3O3/c1-3-10-22(18(24)13-8-9-16(19)20-11-13)12-17(23)21-14-6-4-5-7-15(14)25-2/h4-9,11H,3,10,12H2,1-2H3,(H,21,23). The molecule has 0 aliphatic carbocycles. The molecule has 0 unspecified atom stereocenters. The van der Waals surface area contributed by atoms with Crippen LogP contribution in [-0.2, 0) is 4.79 Å². The van der Waals surface area contributed by atoms with Crippen molar-refractivity contribution < 1.29 is 14.3 Å². The minimum atomic E-state index is -0.298. The van der Waals surface area contributed by atoms with Crippen LogP contribution >= 0.6 is 11.6 Å². The van der Waals surface area contributed by atoms with Gasteiger partial charge in [-0.15, -0.1) is 0 Å². The van der Waals surface area contributed by atoms with E-state index in [1.54, 1.807) is 30.3 Å². The molecule has 0 saturated carbocycles. The molecule has 6 nitrogen and oxygen atoms in total. The maximum absolute atomic E-state index is 12.6. The van der Waals surface area contributed by atoms with Gasteiger partial charge in [0, 0.05) is 12.7 Å². The van der Waals surface area contributed by atoms with E-state index >= 15 is 0 Å². The largest absolute Gasteiger partial charge is 0.495 e. The number of nitrogens with one attached hydrogen (secondary N) is 1. The van der Waals surface area contributed by atoms with Crippen LogP contribution in [0.3, 0.4) is 0 Å². The molecule has 7 heteroatoms. The third-order valence-corrected chi connectivity index (χ3v) is 3.69. The molecule has 2 amide bonds. The average Bonchev–Trinajstić information content (AvgIpc) is 2.62. The van der Waals surface area contributed by atoms with Crippen LogP contribution in [0.25, 0.3) is 0 Å². The highest BCUT2D eigenvalue weighted by molar-refractivity contribution is 6.29. The van der Waals surface area contributed by atoms with Crippen molar-refractivity contribution in [3.63, 3.8) is 0 Å². The maximum atomic E-state index is 12.6. The number of amides is 2. The molecule has 132 valence electrons. The topological polar surface area (TPSA) is 71.5 Å². The normalized spacial score (nSPS) is 10.2. The van der Waals surface area contributed by atoms with E-state index in [1.807, 2.05) is 13.0 Å². The Morgan fingerprint density at radius 1 is 1.24 bits per heavy atom. The summed E-state index contributed by atoms with van der Waals surface area (Å²) in [7, 11) is 1.53. The molecule has 2 aromatic rings. The van der Waals surface area contributed by atoms with E-state index in [9.17, 15) is 9.59 Å². The minimum absolute atomic E-state index is 0.0622. The number of anilines is 1. The third-order valence-electron chi connectivity index (χ3n) is 3.47. The molecule has 0 spiro atoms. The van der Waals surface area contributed by atoms with Crippen molar-refractivity contribution in [2.24, 2.45) is 0 Å². The van der Waals surface area contributed by atoms with Gasteiger partial charge in [0.15, 0.2) is 0 Å². The summed E-state index contributed by atoms with van der Waals surface area (Å²) in [5.41, 5.74) is 0.954. The molecule has 1 heterocycles. The highest BCUT2D eigenvalue weighted by Crippen LogP contribution is 2.22. The number of aromatic nitrogens is 1. The molecule has 1 aromatic heterocycles. The van der Waals surface area contributed by atoms with Crippen LogP contribution in [-0.4, -0.2) is 41.9 Å². The molecule has 0 atom stereocenters. The first-order valence-electron chi connectivity index (χ1n) is 7.88. The zero-order valence-electron chi connectivity index (χ0n) is 14.2. The fraction of sp³-hybridized carbons (Fsp3) is 0.278. The van der Waals surface area contributed by atoms with Gasteiger partial charge in [-0.1, -0.05) is 30.7 Å². The van der Waals surface area contributed by atoms with Gasteiger partial charge in [-0.05, 0) is 30.7 Å². The van der Waals surface area contributed by atoms with Gasteiger partial charge in [-0.2, -0.15) is 0 Å². The molecule has 0 radical (unpaired) electrons. The van der Waals surface area contributed by atoms with Gasteiger partial charge >= 0.3 is 0 Å². The predicted octanol–water partition coefficient (Wildman–Crippen LogP) is 3.23. The van der Waals surface area contributed by atoms with Crippen molar-refractivity contribution in [3.05, 3.63) is 53.3 Å². The second-order valence-corrected chi connectivity index (χ2v) is 5.73. The fourth-order valence-electron chi connectivity index (χ4n) is 2.32. The van der Waals surface area contributed by atoms with E-state index < -0.39 is 0 Å². The summed E-state index contributed by atoms with van der Waals surface area (Å²) < 4.78 is 5.21. The molecule has 0 bridgehead atoms. The second-order valence-electron chi connectivity index (χ2n) is 5.34. The van der Waals surface area contributed by atoms with E-state index in [2.05, 4.69) is 10.3 Å². The Morgan fingerprint density at radius 2 is 2.00 bits per heavy atom. The van der Waals surface area contributed by atoms with Crippen LogP contribution in [0.4, 0.5) is 5.69 Å². The molecule has 0 fully saturated rings. The average molecular weight is 362 g/mol. The number of hydrogen-bond donors (Lipinski definition) is 1. The van der Waals surface area contributed by atoms with E-state index in [0.717, 1.165) is 6.42 Å². The Morgan fingerprint density at radius 3 is 2.64 bits per heavy atom. The first-order valence-corrected chi connectivity index (χ1v) is 8.26. The summed E-state index contributed by atoms with van der Waals surface area (Å²) in [4.78, 5) is 30.3. The Labute approximate surface area is 151 Å². The van der Waals surface area contributed by atoms with Crippen molar-refractivity contribution >= 4 is 29.1 Å². The number of nitrogens with zero attached hydrogens (tertiary/aromatic N) is 2. The van der Waals surface area contributed by atoms with Gasteiger partial charge in [-0.3, -0.25) is 9.59 Å². The molecule has 1 N–H and O–H groups in total. The Hall–Kier alpha value is -2.60. The number of carbonyl (C=O) groups excluding carboxylic acids is 2. The van der Waals surface area contributed by atoms with Crippen LogP contribution < -0.4 is 10.1 Å². The number of methoxy groups -OCH3 is 1. The fourth-order valence-corrected chi connectivity index (χ4v) is 2.43. The maximum Gasteiger partial charge on any atom is 0.255 e. The lowest BCUT2D eigenvalue weighted by molar-refractivity contribution is -0.116. The molecule has 1 aromatic carbocycles. The lowest BCUT2D eigenvalue weighted by Crippen LogP contribution is -2.38. The van der Waals surface area contributed by atoms with Crippen molar-refractivity contribution in [1.29, 1.82) is 0 Å². The number of benzene rings is 1. The first kappa shape index (κ1) is 18.7. The van der Waals surface area contributed by atoms with E-state index in [4.69, 9.17) is 16.3 Å². The number of ether oxygens (including phenoxy) is 1. The number of hydrogen-bond acceptors (Lipinski definition) is 4. The van der Waals surface area contributed by atoms with Crippen LogP contribution in [0.15, 0.2) is 42.6 Å². The summed E-state index contributed by atoms with van der Waals surface area (Å²) in [6.07, 6.45) is 2.14. The van der Waals surface area contributed by atoms with Crippen molar-refractivity contribution in [1.82, 2.24) is 9.88 Å². The summed E-state index contributed by atoms with van der Waals surface area (Å²) in [5, 5.41) is 3.08. The third kappa shape index (κ3) is 5.19. The number of carbonyl (C=O) groups is 2. The number of para-hydroxylation sites is 2. The monoisotopic (exact) mass is 361 g/mol. The quantitative estimate of drug-likeness (QED) is 0.768. The van der Waals surface area contributed by atoms with E-state index in [0.29, 0.717) is 28.7 Å². The van der Waals surface area contributed by atoms with Crippen molar-refractivity contribution in [2.45, 2.75) is 13.3 Å². The lowest BCUT2D eigenvalue weighted by atomic mass is 10.2. The first-order chi connectivity index (χ1) is 12.0. The number of pyridine rings is 1. The smallest absolute Gasteiger partial charge is 0.255 e. The highest BCUT2D eigenvalue weighted by atomic mass is 35.5. The molecular weight excluding hydrogens is 342 g/mol. The summed E-state index contributed by atoms with van der Waals surface area (Å²) in [5.74, 6) is 0.000496. The molecule has 2 rings (SSSR count). The zero-order chi connectivity index (χ0) is 18.2. The highest BCUT2D eigenvalue weighted by Gasteiger charge is 2.19. The molecule has 0 aliphatic rings. The summed E-state index contributed by atoms with van der Waals surface area (Å²) in [6, 6.07) is 10.3. The lowest BCUT2D eigenvalue weighted by Gasteiger charge is -2.22. The Bertz CT molecular complexity index is 735. The van der Waals surface area contributed by atoms with Gasteiger partial charge in [0.2, 0.25) is 5.91 Å². The van der Waals surface area contributed by atoms with Crippen LogP contribution in [0.5, 0.6) is 5.75 Å². The van der Waals surface area contributed by atoms with Crippen LogP contribution in [0.1, 0.15) is 23.7 Å². The van der Waals surface area contributed by atoms with Gasteiger partial charge in [-0.25, -0.2) is 4.98 Å². The van der Waals surface area contributed by atoms with E-state index in [1.165, 1.54) is 18.2 Å². The SMILES string of the molecule is CCCN(CC(=O)Nc1ccccc1OC)C(=O)c1ccc(Cl)nc1. The second kappa shape index (κ2) is 9.03. The van der Waals surface area contributed by atoms with E-state index in [-0.39, 0.29) is 18.4 Å². The van der Waals surface area contributed by atoms with Gasteiger partial charge < -0.3 is 15.0 Å². The Balaban J connectivity index is 2.08. The minimum Gasteiger partial charge on any atom is -0.495 e. The van der Waals surface area contributed by atoms with Gasteiger partial charge in [0.25, 0.3) is 5.91 Å². The van der Waals surface area contributed by atoms with Gasteiger partial charge in [0.05, 0.1) is 18.4 Å². The van der Waals surface area contributed by atoms with Crippen molar-refractivity contribution in [2.75, 3.05) is 25.5 Å². The molecule has 25 heavy (non-hydrogen) atoms. The Kier molecular flexibility index (Phi) is 6.77. The van der Waals surface area contributed by atoms with Crippen LogP contribution in [0.2, 0.25) is 5.15 Å². The van der Waals surface area contributed by atoms with Gasteiger partial charge in [0.1, 0.15) is 17.4 Å². The number of rotatable bonds is 7. The molecular formula is C18H20ClN3O3. The zero-order valence-corrected chi connectivity index (χ0v) is 14.9. The predicted molar refractivity (Wildman–Crippen MR) is 97.1 cm³/mol. The molecule has 0 aliphatic heterocycles. The summed E-state index contributed by atoms with van der Waals surface area (Å²) in [6.45, 7) is 2.34. The van der Waals surface area contributed by atoms with Crippen LogP contribution in [0, 0.1) is 0 Å². The number of halogens is 1.